The van der Waals surface area contributed by atoms with Crippen molar-refractivity contribution >= 4 is 19.8 Å². The lowest BCUT2D eigenvalue weighted by Gasteiger charge is -2.24. The molecule has 0 aliphatic rings. The van der Waals surface area contributed by atoms with E-state index in [2.05, 4.69) is 38.2 Å². The zero-order valence-electron chi connectivity index (χ0n) is 33.6. The molecule has 1 unspecified atom stereocenters. The number of phosphoric ester groups is 1. The first-order valence-electron chi connectivity index (χ1n) is 20.6. The summed E-state index contributed by atoms with van der Waals surface area (Å²) >= 11 is 0. The van der Waals surface area contributed by atoms with Crippen LogP contribution < -0.4 is 0 Å². The Kier molecular flexibility index (Phi) is 33.3. The van der Waals surface area contributed by atoms with E-state index >= 15 is 0 Å². The molecule has 10 heteroatoms. The van der Waals surface area contributed by atoms with Crippen LogP contribution >= 0.6 is 7.82 Å². The minimum Gasteiger partial charge on any atom is -0.462 e. The Morgan fingerprint density at radius 1 is 0.608 bits per heavy atom. The summed E-state index contributed by atoms with van der Waals surface area (Å²) in [5.74, 6) is -0.850. The van der Waals surface area contributed by atoms with Gasteiger partial charge in [0.2, 0.25) is 0 Å². The standard InChI is InChI=1S/C41H78NO8P/c1-6-8-10-12-14-16-18-19-20-21-22-23-24-26-28-30-32-34-41(44)50-39(38-49-51(45,46)48-36-35-42(3,4)5)37-47-40(43)33-31-29-27-25-17-15-13-11-9-7-2/h22-23,26,28,39H,6-21,24-25,27,29-38H2,1-5H3/p+1/b23-22+,28-26+/t39-/m1/s1. The summed E-state index contributed by atoms with van der Waals surface area (Å²) < 4.78 is 34.1. The van der Waals surface area contributed by atoms with Gasteiger partial charge in [0.1, 0.15) is 19.8 Å². The highest BCUT2D eigenvalue weighted by Crippen LogP contribution is 2.43. The van der Waals surface area contributed by atoms with Crippen molar-refractivity contribution in [1.82, 2.24) is 0 Å². The minimum atomic E-state index is -4.38. The van der Waals surface area contributed by atoms with Crippen LogP contribution in [0.3, 0.4) is 0 Å². The van der Waals surface area contributed by atoms with Gasteiger partial charge in [-0.2, -0.15) is 0 Å². The molecule has 9 nitrogen and oxygen atoms in total. The summed E-state index contributed by atoms with van der Waals surface area (Å²) in [6, 6.07) is 0. The summed E-state index contributed by atoms with van der Waals surface area (Å²) in [7, 11) is 1.45. The van der Waals surface area contributed by atoms with Gasteiger partial charge in [-0.05, 0) is 38.5 Å². The highest BCUT2D eigenvalue weighted by molar-refractivity contribution is 7.47. The molecule has 0 heterocycles. The smallest absolute Gasteiger partial charge is 0.462 e. The van der Waals surface area contributed by atoms with Gasteiger partial charge in [0.25, 0.3) is 0 Å². The van der Waals surface area contributed by atoms with Crippen molar-refractivity contribution in [2.75, 3.05) is 47.5 Å². The molecule has 0 radical (unpaired) electrons. The molecular weight excluding hydrogens is 665 g/mol. The summed E-state index contributed by atoms with van der Waals surface area (Å²) in [6.07, 6.45) is 35.2. The van der Waals surface area contributed by atoms with E-state index < -0.39 is 26.5 Å². The van der Waals surface area contributed by atoms with E-state index in [-0.39, 0.29) is 32.0 Å². The van der Waals surface area contributed by atoms with E-state index in [0.29, 0.717) is 17.4 Å². The Balaban J connectivity index is 4.44. The number of likely N-dealkylation sites (N-methyl/N-ethyl adjacent to an activating group) is 1. The summed E-state index contributed by atoms with van der Waals surface area (Å²) in [4.78, 5) is 35.2. The average Bonchev–Trinajstić information content (AvgIpc) is 3.07. The lowest BCUT2D eigenvalue weighted by atomic mass is 10.1. The highest BCUT2D eigenvalue weighted by atomic mass is 31.2. The number of allylic oxidation sites excluding steroid dienone is 4. The molecule has 0 aromatic rings. The lowest BCUT2D eigenvalue weighted by Crippen LogP contribution is -2.37. The van der Waals surface area contributed by atoms with Crippen molar-refractivity contribution in [3.8, 4) is 0 Å². The lowest BCUT2D eigenvalue weighted by molar-refractivity contribution is -0.870. The third-order valence-corrected chi connectivity index (χ3v) is 9.72. The fourth-order valence-corrected chi connectivity index (χ4v) is 6.21. The Morgan fingerprint density at radius 3 is 1.61 bits per heavy atom. The van der Waals surface area contributed by atoms with Crippen molar-refractivity contribution in [1.29, 1.82) is 0 Å². The molecule has 0 aromatic carbocycles. The van der Waals surface area contributed by atoms with Gasteiger partial charge in [0.15, 0.2) is 6.10 Å². The van der Waals surface area contributed by atoms with E-state index in [0.717, 1.165) is 38.5 Å². The van der Waals surface area contributed by atoms with Crippen LogP contribution in [0.2, 0.25) is 0 Å². The quantitative estimate of drug-likeness (QED) is 0.0220. The van der Waals surface area contributed by atoms with Gasteiger partial charge in [-0.1, -0.05) is 147 Å². The molecule has 51 heavy (non-hydrogen) atoms. The number of unbranched alkanes of at least 4 members (excludes halogenated alkanes) is 19. The van der Waals surface area contributed by atoms with Gasteiger partial charge < -0.3 is 18.9 Å². The van der Waals surface area contributed by atoms with Gasteiger partial charge in [-0.25, -0.2) is 4.57 Å². The molecule has 300 valence electrons. The second kappa shape index (κ2) is 34.3. The predicted molar refractivity (Wildman–Crippen MR) is 211 cm³/mol. The van der Waals surface area contributed by atoms with Crippen molar-refractivity contribution in [2.45, 2.75) is 180 Å². The van der Waals surface area contributed by atoms with Crippen molar-refractivity contribution < 1.29 is 42.1 Å². The Hall–Kier alpha value is -1.51. The number of carbonyl (C=O) groups excluding carboxylic acids is 2. The largest absolute Gasteiger partial charge is 0.472 e. The third-order valence-electron chi connectivity index (χ3n) is 8.73. The van der Waals surface area contributed by atoms with Crippen molar-refractivity contribution in [3.05, 3.63) is 24.3 Å². The molecule has 0 amide bonds. The number of nitrogens with zero attached hydrogens (tertiary/aromatic N) is 1. The number of quaternary nitrogens is 1. The Morgan fingerprint density at radius 2 is 1.08 bits per heavy atom. The Bertz CT molecular complexity index is 933. The molecule has 0 aromatic heterocycles. The molecule has 0 aliphatic carbocycles. The number of hydrogen-bond acceptors (Lipinski definition) is 7. The number of ether oxygens (including phenoxy) is 2. The maximum Gasteiger partial charge on any atom is 0.472 e. The molecule has 0 fully saturated rings. The van der Waals surface area contributed by atoms with Gasteiger partial charge in [0, 0.05) is 12.8 Å². The minimum absolute atomic E-state index is 0.0260. The molecule has 0 bridgehead atoms. The van der Waals surface area contributed by atoms with Crippen LogP contribution in [-0.4, -0.2) is 74.9 Å². The van der Waals surface area contributed by atoms with Crippen LogP contribution in [-0.2, 0) is 32.7 Å². The van der Waals surface area contributed by atoms with Gasteiger partial charge in [0.05, 0.1) is 27.7 Å². The van der Waals surface area contributed by atoms with Gasteiger partial charge in [-0.3, -0.25) is 18.6 Å². The van der Waals surface area contributed by atoms with Crippen LogP contribution in [0.1, 0.15) is 174 Å². The van der Waals surface area contributed by atoms with Crippen LogP contribution in [0.4, 0.5) is 0 Å². The van der Waals surface area contributed by atoms with E-state index in [1.165, 1.54) is 103 Å². The van der Waals surface area contributed by atoms with Crippen LogP contribution in [0.5, 0.6) is 0 Å². The summed E-state index contributed by atoms with van der Waals surface area (Å²) in [5.41, 5.74) is 0. The van der Waals surface area contributed by atoms with Gasteiger partial charge >= 0.3 is 19.8 Å². The number of carbonyl (C=O) groups is 2. The van der Waals surface area contributed by atoms with Crippen molar-refractivity contribution in [2.24, 2.45) is 0 Å². The van der Waals surface area contributed by atoms with E-state index in [1.807, 2.05) is 21.1 Å². The normalized spacial score (nSPS) is 13.9. The average molecular weight is 745 g/mol. The highest BCUT2D eigenvalue weighted by Gasteiger charge is 2.27. The van der Waals surface area contributed by atoms with E-state index in [4.69, 9.17) is 18.5 Å². The summed E-state index contributed by atoms with van der Waals surface area (Å²) in [5, 5.41) is 0. The van der Waals surface area contributed by atoms with E-state index in [9.17, 15) is 19.0 Å². The molecule has 0 aliphatic heterocycles. The second-order valence-corrected chi connectivity index (χ2v) is 16.5. The van der Waals surface area contributed by atoms with Gasteiger partial charge in [-0.15, -0.1) is 0 Å². The molecule has 0 saturated heterocycles. The maximum absolute atomic E-state index is 12.6. The van der Waals surface area contributed by atoms with Crippen LogP contribution in [0.25, 0.3) is 0 Å². The number of rotatable bonds is 37. The summed E-state index contributed by atoms with van der Waals surface area (Å²) in [6.45, 7) is 4.36. The van der Waals surface area contributed by atoms with Crippen LogP contribution in [0.15, 0.2) is 24.3 Å². The monoisotopic (exact) mass is 745 g/mol. The SMILES string of the molecule is CCCCCCCCCCC/C=C/C/C=C/CCCC(=O)O[C@H](COC(=O)CCCCCCCCCCCC)COP(=O)(O)OCC[N+](C)(C)C. The predicted octanol–water partition coefficient (Wildman–Crippen LogP) is 11.2. The molecule has 0 saturated carbocycles. The first-order valence-corrected chi connectivity index (χ1v) is 22.1. The maximum atomic E-state index is 12.6. The first-order chi connectivity index (χ1) is 24.5. The molecular formula is C41H79NO8P+. The number of phosphoric acid groups is 1. The number of esters is 2. The molecule has 0 rings (SSSR count). The van der Waals surface area contributed by atoms with Crippen molar-refractivity contribution in [3.63, 3.8) is 0 Å². The zero-order valence-corrected chi connectivity index (χ0v) is 34.5. The third kappa shape index (κ3) is 38.0. The topological polar surface area (TPSA) is 108 Å². The molecule has 1 N–H and O–H groups in total. The first kappa shape index (κ1) is 49.5. The molecule has 2 atom stereocenters. The van der Waals surface area contributed by atoms with Crippen LogP contribution in [0, 0.1) is 0 Å². The second-order valence-electron chi connectivity index (χ2n) is 15.0. The number of hydrogen-bond donors (Lipinski definition) is 1. The zero-order chi connectivity index (χ0) is 37.9. The Labute approximate surface area is 313 Å². The fourth-order valence-electron chi connectivity index (χ4n) is 5.46. The van der Waals surface area contributed by atoms with E-state index in [1.54, 1.807) is 0 Å². The fraction of sp³-hybridized carbons (Fsp3) is 0.854. The molecule has 0 spiro atoms.